The lowest BCUT2D eigenvalue weighted by Crippen LogP contribution is -2.13. The van der Waals surface area contributed by atoms with E-state index in [-0.39, 0.29) is 5.78 Å². The van der Waals surface area contributed by atoms with Crippen molar-refractivity contribution in [1.82, 2.24) is 0 Å². The second kappa shape index (κ2) is 10.9. The molecule has 0 atom stereocenters. The molecule has 2 bridgehead atoms. The number of carbonyl (C=O) groups is 1. The Morgan fingerprint density at radius 3 is 1.55 bits per heavy atom. The fraction of sp³-hybridized carbons (Fsp3) is 0.346. The summed E-state index contributed by atoms with van der Waals surface area (Å²) >= 11 is 0. The van der Waals surface area contributed by atoms with E-state index >= 15 is 0 Å². The number of Topliss-reactive ketones (excluding diaryl/α,β-unsaturated/α-hetero) is 1. The van der Waals surface area contributed by atoms with Gasteiger partial charge in [0.05, 0.1) is 26.4 Å². The highest BCUT2D eigenvalue weighted by Crippen LogP contribution is 2.31. The fourth-order valence-corrected chi connectivity index (χ4v) is 3.76. The Bertz CT molecular complexity index is 884. The van der Waals surface area contributed by atoms with Gasteiger partial charge in [-0.3, -0.25) is 4.79 Å². The van der Waals surface area contributed by atoms with Crippen LogP contribution in [0.15, 0.2) is 59.7 Å². The van der Waals surface area contributed by atoms with E-state index in [9.17, 15) is 4.79 Å². The lowest BCUT2D eigenvalue weighted by molar-refractivity contribution is -0.112. The molecule has 5 nitrogen and oxygen atoms in total. The summed E-state index contributed by atoms with van der Waals surface area (Å²) in [6.45, 7) is 2.85. The average molecular weight is 421 g/mol. The van der Waals surface area contributed by atoms with Crippen LogP contribution in [0.5, 0.6) is 11.5 Å². The molecular formula is C26H28O5. The van der Waals surface area contributed by atoms with E-state index in [0.717, 1.165) is 53.0 Å². The van der Waals surface area contributed by atoms with Crippen molar-refractivity contribution in [3.63, 3.8) is 0 Å². The summed E-state index contributed by atoms with van der Waals surface area (Å²) in [7, 11) is 0. The number of para-hydroxylation sites is 2. The molecule has 1 aliphatic carbocycles. The summed E-state index contributed by atoms with van der Waals surface area (Å²) in [6.07, 6.45) is 6.41. The molecule has 0 spiro atoms. The van der Waals surface area contributed by atoms with Gasteiger partial charge in [-0.2, -0.15) is 0 Å². The quantitative estimate of drug-likeness (QED) is 0.618. The largest absolute Gasteiger partial charge is 0.491 e. The third-order valence-corrected chi connectivity index (χ3v) is 5.32. The first-order chi connectivity index (χ1) is 15.3. The smallest absolute Gasteiger partial charge is 0.185 e. The van der Waals surface area contributed by atoms with E-state index in [4.69, 9.17) is 18.9 Å². The maximum absolute atomic E-state index is 13.2. The Labute approximate surface area is 183 Å². The predicted octanol–water partition coefficient (Wildman–Crippen LogP) is 4.71. The van der Waals surface area contributed by atoms with Gasteiger partial charge in [0.2, 0.25) is 0 Å². The summed E-state index contributed by atoms with van der Waals surface area (Å²) in [4.78, 5) is 13.2. The minimum absolute atomic E-state index is 0.0976. The van der Waals surface area contributed by atoms with Crippen LogP contribution in [0.2, 0.25) is 0 Å². The summed E-state index contributed by atoms with van der Waals surface area (Å²) in [5.74, 6) is 1.62. The number of hydrogen-bond acceptors (Lipinski definition) is 5. The monoisotopic (exact) mass is 420 g/mol. The maximum Gasteiger partial charge on any atom is 0.185 e. The first-order valence-corrected chi connectivity index (χ1v) is 10.9. The molecule has 1 aliphatic heterocycles. The first kappa shape index (κ1) is 21.3. The summed E-state index contributed by atoms with van der Waals surface area (Å²) in [5.41, 5.74) is 3.46. The number of hydrogen-bond donors (Lipinski definition) is 0. The van der Waals surface area contributed by atoms with E-state index in [1.54, 1.807) is 0 Å². The van der Waals surface area contributed by atoms with Crippen LogP contribution in [0.3, 0.4) is 0 Å². The van der Waals surface area contributed by atoms with Gasteiger partial charge in [0.15, 0.2) is 5.78 Å². The van der Waals surface area contributed by atoms with E-state index in [1.807, 2.05) is 60.7 Å². The molecule has 0 radical (unpaired) electrons. The van der Waals surface area contributed by atoms with Crippen molar-refractivity contribution < 1.29 is 23.7 Å². The third-order valence-electron chi connectivity index (χ3n) is 5.32. The predicted molar refractivity (Wildman–Crippen MR) is 120 cm³/mol. The van der Waals surface area contributed by atoms with Crippen molar-refractivity contribution in [2.45, 2.75) is 19.3 Å². The van der Waals surface area contributed by atoms with Gasteiger partial charge < -0.3 is 18.9 Å². The fourth-order valence-electron chi connectivity index (χ4n) is 3.76. The molecule has 0 saturated heterocycles. The van der Waals surface area contributed by atoms with Crippen LogP contribution in [0.1, 0.15) is 30.4 Å². The number of rotatable bonds is 0. The molecule has 5 heteroatoms. The molecule has 0 aromatic heterocycles. The number of benzene rings is 2. The van der Waals surface area contributed by atoms with Crippen molar-refractivity contribution in [2.75, 3.05) is 39.6 Å². The normalized spacial score (nSPS) is 21.9. The van der Waals surface area contributed by atoms with Gasteiger partial charge in [0.1, 0.15) is 24.7 Å². The lowest BCUT2D eigenvalue weighted by atomic mass is 9.86. The minimum atomic E-state index is 0.0976. The van der Waals surface area contributed by atoms with E-state index in [1.165, 1.54) is 0 Å². The van der Waals surface area contributed by atoms with E-state index < -0.39 is 0 Å². The van der Waals surface area contributed by atoms with Crippen LogP contribution in [0, 0.1) is 0 Å². The zero-order chi connectivity index (χ0) is 21.3. The zero-order valence-corrected chi connectivity index (χ0v) is 17.7. The average Bonchev–Trinajstić information content (AvgIpc) is 2.79. The molecule has 1 heterocycles. The highest BCUT2D eigenvalue weighted by Gasteiger charge is 2.21. The van der Waals surface area contributed by atoms with Gasteiger partial charge in [0.25, 0.3) is 0 Å². The Hall–Kier alpha value is -2.89. The third kappa shape index (κ3) is 5.84. The maximum atomic E-state index is 13.2. The van der Waals surface area contributed by atoms with E-state index in [0.29, 0.717) is 39.6 Å². The SMILES string of the molecule is O=C1/C2=C\c3ccccc3OCCOCCOCCOc3ccccc3/C=C\1CCC2. The van der Waals surface area contributed by atoms with Gasteiger partial charge in [0, 0.05) is 22.3 Å². The number of fused-ring (bicyclic) bond motifs is 4. The molecule has 1 saturated carbocycles. The highest BCUT2D eigenvalue weighted by molar-refractivity contribution is 6.14. The lowest BCUT2D eigenvalue weighted by Gasteiger charge is -2.18. The molecule has 0 unspecified atom stereocenters. The Morgan fingerprint density at radius 2 is 1.03 bits per heavy atom. The van der Waals surface area contributed by atoms with Crippen molar-refractivity contribution in [1.29, 1.82) is 0 Å². The zero-order valence-electron chi connectivity index (χ0n) is 17.7. The number of ether oxygens (including phenoxy) is 4. The molecule has 31 heavy (non-hydrogen) atoms. The summed E-state index contributed by atoms with van der Waals surface area (Å²) < 4.78 is 23.0. The first-order valence-electron chi connectivity index (χ1n) is 10.9. The van der Waals surface area contributed by atoms with Gasteiger partial charge in [-0.05, 0) is 43.5 Å². The summed E-state index contributed by atoms with van der Waals surface area (Å²) in [6, 6.07) is 15.6. The van der Waals surface area contributed by atoms with Crippen molar-refractivity contribution in [3.8, 4) is 11.5 Å². The second-order valence-electron chi connectivity index (χ2n) is 7.52. The van der Waals surface area contributed by atoms with Crippen LogP contribution in [0.25, 0.3) is 12.2 Å². The van der Waals surface area contributed by atoms with Crippen LogP contribution in [0.4, 0.5) is 0 Å². The Kier molecular flexibility index (Phi) is 7.53. The van der Waals surface area contributed by atoms with Crippen LogP contribution >= 0.6 is 0 Å². The molecule has 2 aromatic carbocycles. The van der Waals surface area contributed by atoms with Gasteiger partial charge >= 0.3 is 0 Å². The van der Waals surface area contributed by atoms with Crippen molar-refractivity contribution in [3.05, 3.63) is 70.8 Å². The van der Waals surface area contributed by atoms with Gasteiger partial charge in [-0.25, -0.2) is 0 Å². The Balaban J connectivity index is 1.65. The minimum Gasteiger partial charge on any atom is -0.491 e. The molecule has 0 N–H and O–H groups in total. The van der Waals surface area contributed by atoms with Crippen molar-refractivity contribution in [2.24, 2.45) is 0 Å². The summed E-state index contributed by atoms with van der Waals surface area (Å²) in [5, 5.41) is 0. The van der Waals surface area contributed by atoms with Crippen LogP contribution < -0.4 is 9.47 Å². The number of allylic oxidation sites excluding steroid dienone is 2. The molecule has 162 valence electrons. The molecule has 2 aliphatic rings. The Morgan fingerprint density at radius 1 is 0.581 bits per heavy atom. The molecule has 2 aromatic rings. The van der Waals surface area contributed by atoms with Crippen LogP contribution in [-0.4, -0.2) is 45.4 Å². The van der Waals surface area contributed by atoms with Crippen LogP contribution in [-0.2, 0) is 14.3 Å². The molecular weight excluding hydrogens is 392 g/mol. The number of ketones is 1. The highest BCUT2D eigenvalue weighted by atomic mass is 16.6. The molecule has 1 fully saturated rings. The number of carbonyl (C=O) groups excluding carboxylic acids is 1. The molecule has 4 rings (SSSR count). The van der Waals surface area contributed by atoms with E-state index in [2.05, 4.69) is 0 Å². The van der Waals surface area contributed by atoms with Gasteiger partial charge in [-0.1, -0.05) is 36.4 Å². The van der Waals surface area contributed by atoms with Gasteiger partial charge in [-0.15, -0.1) is 0 Å². The second-order valence-corrected chi connectivity index (χ2v) is 7.52. The standard InChI is InChI=1S/C26H28O5/c27-26-22-8-5-9-23(26)19-21-7-2-4-11-25(21)31-17-15-29-13-12-28-14-16-30-24-10-3-1-6-20(24)18-22/h1-4,6-7,10-11,18-19H,5,8-9,12-17H2/b22-18-,23-19-. The molecule has 0 amide bonds. The topological polar surface area (TPSA) is 54.0 Å². The van der Waals surface area contributed by atoms with Crippen molar-refractivity contribution >= 4 is 17.9 Å².